The molecule has 1 unspecified atom stereocenters. The lowest BCUT2D eigenvalue weighted by atomic mass is 10.0. The minimum absolute atomic E-state index is 0.106. The molecule has 2 N–H and O–H groups in total. The number of nitrogens with zero attached hydrogens (tertiary/aromatic N) is 2. The fourth-order valence-electron chi connectivity index (χ4n) is 3.67. The van der Waals surface area contributed by atoms with Crippen LogP contribution in [0, 0.1) is 0 Å². The van der Waals surface area contributed by atoms with E-state index in [0.717, 1.165) is 39.9 Å². The van der Waals surface area contributed by atoms with Crippen LogP contribution in [0.2, 0.25) is 0 Å². The topological polar surface area (TPSA) is 89.1 Å². The summed E-state index contributed by atoms with van der Waals surface area (Å²) in [4.78, 5) is 15.7. The molecule has 2 aromatic carbocycles. The van der Waals surface area contributed by atoms with Crippen LogP contribution in [-0.4, -0.2) is 40.8 Å². The highest BCUT2D eigenvalue weighted by molar-refractivity contribution is 5.98. The molecule has 0 saturated carbocycles. The van der Waals surface area contributed by atoms with Gasteiger partial charge in [-0.1, -0.05) is 18.2 Å². The Hall–Kier alpha value is -3.87. The molecule has 0 fully saturated rings. The lowest BCUT2D eigenvalue weighted by molar-refractivity contribution is 0.0929. The van der Waals surface area contributed by atoms with Gasteiger partial charge < -0.3 is 19.8 Å². The molecule has 3 heterocycles. The van der Waals surface area contributed by atoms with E-state index in [1.54, 1.807) is 13.2 Å². The van der Waals surface area contributed by atoms with Gasteiger partial charge in [0, 0.05) is 29.0 Å². The van der Waals surface area contributed by atoms with Crippen LogP contribution < -0.4 is 14.8 Å². The van der Waals surface area contributed by atoms with Gasteiger partial charge in [0.1, 0.15) is 17.5 Å². The van der Waals surface area contributed by atoms with Gasteiger partial charge in [-0.3, -0.25) is 4.79 Å². The number of H-pyrrole nitrogens is 1. The Balaban J connectivity index is 1.24. The first-order valence-electron chi connectivity index (χ1n) is 9.73. The molecule has 5 rings (SSSR count). The highest BCUT2D eigenvalue weighted by Crippen LogP contribution is 2.32. The summed E-state index contributed by atoms with van der Waals surface area (Å²) in [5, 5.41) is 12.2. The van der Waals surface area contributed by atoms with Gasteiger partial charge >= 0.3 is 0 Å². The number of hydrogen-bond donors (Lipinski definition) is 2. The summed E-state index contributed by atoms with van der Waals surface area (Å²) in [6.07, 6.45) is 0.616. The SMILES string of the molecule is COc1ccc(-c2ccc3c(c2)CC(CNC(=O)c2cc4ccccc4[nH]2)O3)nn1. The zero-order valence-electron chi connectivity index (χ0n) is 16.4. The summed E-state index contributed by atoms with van der Waals surface area (Å²) >= 11 is 0. The highest BCUT2D eigenvalue weighted by atomic mass is 16.5. The van der Waals surface area contributed by atoms with E-state index in [-0.39, 0.29) is 12.0 Å². The van der Waals surface area contributed by atoms with Gasteiger partial charge in [-0.15, -0.1) is 10.2 Å². The molecule has 0 radical (unpaired) electrons. The molecular weight excluding hydrogens is 380 g/mol. The Kier molecular flexibility index (Phi) is 4.55. The number of carbonyl (C=O) groups is 1. The normalized spacial score (nSPS) is 14.9. The quantitative estimate of drug-likeness (QED) is 0.536. The van der Waals surface area contributed by atoms with Crippen LogP contribution in [0.5, 0.6) is 11.6 Å². The average Bonchev–Trinajstić information content (AvgIpc) is 3.40. The van der Waals surface area contributed by atoms with Crippen molar-refractivity contribution in [1.82, 2.24) is 20.5 Å². The van der Waals surface area contributed by atoms with E-state index in [2.05, 4.69) is 26.6 Å². The maximum atomic E-state index is 12.5. The van der Waals surface area contributed by atoms with E-state index in [1.807, 2.05) is 48.5 Å². The molecule has 0 aliphatic carbocycles. The van der Waals surface area contributed by atoms with E-state index in [4.69, 9.17) is 9.47 Å². The van der Waals surface area contributed by atoms with Crippen molar-refractivity contribution in [3.05, 3.63) is 71.9 Å². The zero-order chi connectivity index (χ0) is 20.5. The van der Waals surface area contributed by atoms with Crippen LogP contribution in [0.1, 0.15) is 16.1 Å². The number of ether oxygens (including phenoxy) is 2. The smallest absolute Gasteiger partial charge is 0.267 e. The zero-order valence-corrected chi connectivity index (χ0v) is 16.4. The Morgan fingerprint density at radius 2 is 2.07 bits per heavy atom. The van der Waals surface area contributed by atoms with Crippen LogP contribution in [0.4, 0.5) is 0 Å². The first kappa shape index (κ1) is 18.2. The molecule has 30 heavy (non-hydrogen) atoms. The van der Waals surface area contributed by atoms with Crippen LogP contribution in [0.15, 0.2) is 60.7 Å². The number of methoxy groups -OCH3 is 1. The molecule has 0 spiro atoms. The highest BCUT2D eigenvalue weighted by Gasteiger charge is 2.24. The lowest BCUT2D eigenvalue weighted by Crippen LogP contribution is -2.34. The van der Waals surface area contributed by atoms with Gasteiger partial charge in [0.05, 0.1) is 19.3 Å². The van der Waals surface area contributed by atoms with Gasteiger partial charge in [0.25, 0.3) is 5.91 Å². The first-order valence-corrected chi connectivity index (χ1v) is 9.73. The van der Waals surface area contributed by atoms with Gasteiger partial charge in [0.2, 0.25) is 5.88 Å². The van der Waals surface area contributed by atoms with Crippen molar-refractivity contribution in [2.45, 2.75) is 12.5 Å². The average molecular weight is 400 g/mol. The molecule has 0 bridgehead atoms. The van der Waals surface area contributed by atoms with E-state index in [1.165, 1.54) is 0 Å². The summed E-state index contributed by atoms with van der Waals surface area (Å²) in [7, 11) is 1.56. The Labute approximate surface area is 173 Å². The molecule has 1 amide bonds. The minimum Gasteiger partial charge on any atom is -0.488 e. The predicted molar refractivity (Wildman–Crippen MR) is 113 cm³/mol. The fraction of sp³-hybridized carbons (Fsp3) is 0.174. The Bertz CT molecular complexity index is 1180. The van der Waals surface area contributed by atoms with Crippen molar-refractivity contribution < 1.29 is 14.3 Å². The van der Waals surface area contributed by atoms with E-state index in [9.17, 15) is 4.79 Å². The number of carbonyl (C=O) groups excluding carboxylic acids is 1. The van der Waals surface area contributed by atoms with Crippen molar-refractivity contribution in [2.75, 3.05) is 13.7 Å². The number of amides is 1. The summed E-state index contributed by atoms with van der Waals surface area (Å²) in [5.74, 6) is 1.18. The van der Waals surface area contributed by atoms with Crippen LogP contribution in [-0.2, 0) is 6.42 Å². The van der Waals surface area contributed by atoms with E-state index in [0.29, 0.717) is 18.1 Å². The molecule has 1 aliphatic heterocycles. The summed E-state index contributed by atoms with van der Waals surface area (Å²) < 4.78 is 11.1. The summed E-state index contributed by atoms with van der Waals surface area (Å²) in [6, 6.07) is 19.3. The number of para-hydroxylation sites is 1. The standard InChI is InChI=1S/C23H20N4O3/c1-29-22-9-7-19(26-27-22)15-6-8-21-16(10-15)11-17(30-21)13-24-23(28)20-12-14-4-2-3-5-18(14)25-20/h2-10,12,17,25H,11,13H2,1H3,(H,24,28). The molecular formula is C23H20N4O3. The number of hydrogen-bond acceptors (Lipinski definition) is 5. The number of nitrogens with one attached hydrogen (secondary N) is 2. The van der Waals surface area contributed by atoms with Gasteiger partial charge in [-0.05, 0) is 42.0 Å². The molecule has 7 nitrogen and oxygen atoms in total. The summed E-state index contributed by atoms with van der Waals surface area (Å²) in [5.41, 5.74) is 4.33. The van der Waals surface area contributed by atoms with Gasteiger partial charge in [0.15, 0.2) is 0 Å². The minimum atomic E-state index is -0.139. The monoisotopic (exact) mass is 400 g/mol. The largest absolute Gasteiger partial charge is 0.488 e. The number of fused-ring (bicyclic) bond motifs is 2. The van der Waals surface area contributed by atoms with Gasteiger partial charge in [-0.2, -0.15) is 0 Å². The fourth-order valence-corrected chi connectivity index (χ4v) is 3.67. The maximum absolute atomic E-state index is 12.5. The molecule has 0 saturated heterocycles. The molecule has 1 atom stereocenters. The second kappa shape index (κ2) is 7.51. The Morgan fingerprint density at radius 3 is 2.87 bits per heavy atom. The molecule has 4 aromatic rings. The number of rotatable bonds is 5. The van der Waals surface area contributed by atoms with Crippen LogP contribution in [0.25, 0.3) is 22.2 Å². The van der Waals surface area contributed by atoms with Crippen molar-refractivity contribution >= 4 is 16.8 Å². The third kappa shape index (κ3) is 3.45. The number of benzene rings is 2. The van der Waals surface area contributed by atoms with Crippen LogP contribution >= 0.6 is 0 Å². The number of aromatic amines is 1. The third-order valence-electron chi connectivity index (χ3n) is 5.21. The molecule has 2 aromatic heterocycles. The molecule has 150 valence electrons. The maximum Gasteiger partial charge on any atom is 0.267 e. The second-order valence-corrected chi connectivity index (χ2v) is 7.21. The second-order valence-electron chi connectivity index (χ2n) is 7.21. The molecule has 7 heteroatoms. The van der Waals surface area contributed by atoms with Crippen molar-refractivity contribution in [1.29, 1.82) is 0 Å². The van der Waals surface area contributed by atoms with E-state index < -0.39 is 0 Å². The summed E-state index contributed by atoms with van der Waals surface area (Å²) in [6.45, 7) is 0.431. The predicted octanol–water partition coefficient (Wildman–Crippen LogP) is 3.37. The van der Waals surface area contributed by atoms with E-state index >= 15 is 0 Å². The molecule has 1 aliphatic rings. The van der Waals surface area contributed by atoms with Crippen molar-refractivity contribution in [3.8, 4) is 22.9 Å². The van der Waals surface area contributed by atoms with Crippen molar-refractivity contribution in [2.24, 2.45) is 0 Å². The number of aromatic nitrogens is 3. The third-order valence-corrected chi connectivity index (χ3v) is 5.21. The van der Waals surface area contributed by atoms with Crippen LogP contribution in [0.3, 0.4) is 0 Å². The van der Waals surface area contributed by atoms with Crippen molar-refractivity contribution in [3.63, 3.8) is 0 Å². The first-order chi connectivity index (χ1) is 14.7. The Morgan fingerprint density at radius 1 is 1.17 bits per heavy atom. The lowest BCUT2D eigenvalue weighted by Gasteiger charge is -2.11. The van der Waals surface area contributed by atoms with Gasteiger partial charge in [-0.25, -0.2) is 0 Å².